The van der Waals surface area contributed by atoms with Crippen molar-refractivity contribution in [2.75, 3.05) is 33.3 Å². The first kappa shape index (κ1) is 20.7. The molecular formula is C22H30N2O3S. The smallest absolute Gasteiger partial charge is 0.236 e. The standard InChI is InChI=1S/C22H30N2O3S/c1-3-23(16-22(25)24-11-5-4-6-12-24)15-18-9-10-20(21(14-18)26-2)27-17-19-8-7-13-28-19/h7-10,13-14H,3-6,11-12,15-17H2,1-2H3. The molecule has 1 amide bonds. The molecule has 0 N–H and O–H groups in total. The largest absolute Gasteiger partial charge is 0.493 e. The van der Waals surface area contributed by atoms with Gasteiger partial charge in [0.2, 0.25) is 5.91 Å². The minimum Gasteiger partial charge on any atom is -0.493 e. The van der Waals surface area contributed by atoms with Crippen LogP contribution < -0.4 is 9.47 Å². The van der Waals surface area contributed by atoms with Gasteiger partial charge in [-0.1, -0.05) is 19.1 Å². The number of hydrogen-bond acceptors (Lipinski definition) is 5. The Balaban J connectivity index is 1.59. The SMILES string of the molecule is CCN(CC(=O)N1CCCCC1)Cc1ccc(OCc2cccs2)c(OC)c1. The van der Waals surface area contributed by atoms with Gasteiger partial charge in [0.15, 0.2) is 11.5 Å². The van der Waals surface area contributed by atoms with Crippen LogP contribution in [0.3, 0.4) is 0 Å². The van der Waals surface area contributed by atoms with Gasteiger partial charge in [-0.2, -0.15) is 0 Å². The number of methoxy groups -OCH3 is 1. The van der Waals surface area contributed by atoms with Crippen LogP contribution in [0.5, 0.6) is 11.5 Å². The van der Waals surface area contributed by atoms with E-state index in [9.17, 15) is 4.79 Å². The van der Waals surface area contributed by atoms with E-state index in [0.717, 1.165) is 56.1 Å². The Morgan fingerprint density at radius 2 is 2.00 bits per heavy atom. The van der Waals surface area contributed by atoms with Crippen LogP contribution >= 0.6 is 11.3 Å². The Morgan fingerprint density at radius 3 is 2.68 bits per heavy atom. The van der Waals surface area contributed by atoms with Gasteiger partial charge in [0.05, 0.1) is 13.7 Å². The summed E-state index contributed by atoms with van der Waals surface area (Å²) in [5, 5.41) is 2.05. The van der Waals surface area contributed by atoms with E-state index in [4.69, 9.17) is 9.47 Å². The van der Waals surface area contributed by atoms with Crippen LogP contribution in [0.2, 0.25) is 0 Å². The first-order valence-electron chi connectivity index (χ1n) is 10.0. The molecule has 0 aliphatic carbocycles. The van der Waals surface area contributed by atoms with Crippen molar-refractivity contribution in [1.82, 2.24) is 9.80 Å². The van der Waals surface area contributed by atoms with Gasteiger partial charge in [0.25, 0.3) is 0 Å². The second-order valence-corrected chi connectivity index (χ2v) is 8.13. The van der Waals surface area contributed by atoms with Crippen molar-refractivity contribution in [2.45, 2.75) is 39.3 Å². The summed E-state index contributed by atoms with van der Waals surface area (Å²) >= 11 is 1.68. The van der Waals surface area contributed by atoms with Crippen molar-refractivity contribution in [3.05, 3.63) is 46.2 Å². The molecule has 1 aliphatic heterocycles. The van der Waals surface area contributed by atoms with E-state index in [1.54, 1.807) is 18.4 Å². The zero-order valence-corrected chi connectivity index (χ0v) is 17.7. The number of piperidine rings is 1. The van der Waals surface area contributed by atoms with E-state index in [1.807, 2.05) is 28.5 Å². The molecule has 1 aromatic carbocycles. The molecule has 0 saturated carbocycles. The molecule has 1 fully saturated rings. The number of amides is 1. The highest BCUT2D eigenvalue weighted by Crippen LogP contribution is 2.29. The van der Waals surface area contributed by atoms with E-state index in [1.165, 1.54) is 11.3 Å². The second-order valence-electron chi connectivity index (χ2n) is 7.10. The molecule has 6 heteroatoms. The molecule has 5 nitrogen and oxygen atoms in total. The average molecular weight is 403 g/mol. The summed E-state index contributed by atoms with van der Waals surface area (Å²) < 4.78 is 11.4. The van der Waals surface area contributed by atoms with Crippen molar-refractivity contribution in [3.8, 4) is 11.5 Å². The lowest BCUT2D eigenvalue weighted by Gasteiger charge is -2.29. The third-order valence-corrected chi connectivity index (χ3v) is 5.95. The Kier molecular flexibility index (Phi) is 7.74. The third-order valence-electron chi connectivity index (χ3n) is 5.10. The Hall–Kier alpha value is -2.05. The van der Waals surface area contributed by atoms with Crippen LogP contribution in [0.1, 0.15) is 36.6 Å². The van der Waals surface area contributed by atoms with E-state index < -0.39 is 0 Å². The fraction of sp³-hybridized carbons (Fsp3) is 0.500. The van der Waals surface area contributed by atoms with E-state index in [0.29, 0.717) is 13.2 Å². The molecule has 2 aromatic rings. The molecule has 0 atom stereocenters. The predicted molar refractivity (Wildman–Crippen MR) is 113 cm³/mol. The molecule has 152 valence electrons. The number of benzene rings is 1. The highest BCUT2D eigenvalue weighted by molar-refractivity contribution is 7.09. The summed E-state index contributed by atoms with van der Waals surface area (Å²) in [6.45, 7) is 6.46. The van der Waals surface area contributed by atoms with Crippen LogP contribution in [0.15, 0.2) is 35.7 Å². The number of rotatable bonds is 9. The summed E-state index contributed by atoms with van der Waals surface area (Å²) in [6.07, 6.45) is 3.49. The minimum atomic E-state index is 0.240. The molecule has 0 bridgehead atoms. The topological polar surface area (TPSA) is 42.0 Å². The van der Waals surface area contributed by atoms with Gasteiger partial charge < -0.3 is 14.4 Å². The quantitative estimate of drug-likeness (QED) is 0.631. The average Bonchev–Trinajstić information content (AvgIpc) is 3.26. The molecule has 28 heavy (non-hydrogen) atoms. The molecule has 0 radical (unpaired) electrons. The van der Waals surface area contributed by atoms with Crippen LogP contribution in [0, 0.1) is 0 Å². The number of carbonyl (C=O) groups excluding carboxylic acids is 1. The summed E-state index contributed by atoms with van der Waals surface area (Å²) in [6, 6.07) is 10.1. The van der Waals surface area contributed by atoms with Gasteiger partial charge in [-0.15, -0.1) is 11.3 Å². The van der Waals surface area contributed by atoms with Crippen LogP contribution in [0.4, 0.5) is 0 Å². The summed E-state index contributed by atoms with van der Waals surface area (Å²) in [5.41, 5.74) is 1.12. The highest BCUT2D eigenvalue weighted by atomic mass is 32.1. The van der Waals surface area contributed by atoms with Crippen molar-refractivity contribution in [1.29, 1.82) is 0 Å². The summed E-state index contributed by atoms with van der Waals surface area (Å²) in [4.78, 5) is 17.9. The van der Waals surface area contributed by atoms with Crippen LogP contribution in [-0.4, -0.2) is 49.0 Å². The highest BCUT2D eigenvalue weighted by Gasteiger charge is 2.19. The first-order chi connectivity index (χ1) is 13.7. The lowest BCUT2D eigenvalue weighted by molar-refractivity contribution is -0.133. The van der Waals surface area contributed by atoms with Crippen LogP contribution in [-0.2, 0) is 17.9 Å². The van der Waals surface area contributed by atoms with Gasteiger partial charge in [0.1, 0.15) is 6.61 Å². The maximum absolute atomic E-state index is 12.6. The number of thiophene rings is 1. The molecule has 2 heterocycles. The van der Waals surface area contributed by atoms with Crippen LogP contribution in [0.25, 0.3) is 0 Å². The normalized spacial score (nSPS) is 14.3. The van der Waals surface area contributed by atoms with Crippen molar-refractivity contribution in [2.24, 2.45) is 0 Å². The van der Waals surface area contributed by atoms with Crippen molar-refractivity contribution < 1.29 is 14.3 Å². The first-order valence-corrected chi connectivity index (χ1v) is 10.9. The second kappa shape index (κ2) is 10.5. The lowest BCUT2D eigenvalue weighted by atomic mass is 10.1. The molecular weight excluding hydrogens is 372 g/mol. The Bertz CT molecular complexity index is 742. The van der Waals surface area contributed by atoms with Crippen molar-refractivity contribution >= 4 is 17.2 Å². The number of nitrogens with zero attached hydrogens (tertiary/aromatic N) is 2. The van der Waals surface area contributed by atoms with Gasteiger partial charge in [-0.05, 0) is 54.9 Å². The van der Waals surface area contributed by atoms with Gasteiger partial charge in [-0.3, -0.25) is 9.69 Å². The van der Waals surface area contributed by atoms with E-state index >= 15 is 0 Å². The number of hydrogen-bond donors (Lipinski definition) is 0. The monoisotopic (exact) mass is 402 g/mol. The van der Waals surface area contributed by atoms with Gasteiger partial charge in [0, 0.05) is 24.5 Å². The summed E-state index contributed by atoms with van der Waals surface area (Å²) in [5.74, 6) is 1.71. The third kappa shape index (κ3) is 5.72. The minimum absolute atomic E-state index is 0.240. The Labute approximate surface area is 171 Å². The molecule has 3 rings (SSSR count). The number of carbonyl (C=O) groups is 1. The van der Waals surface area contributed by atoms with Crippen molar-refractivity contribution in [3.63, 3.8) is 0 Å². The molecule has 1 aliphatic rings. The number of likely N-dealkylation sites (N-methyl/N-ethyl adjacent to an activating group) is 1. The fourth-order valence-corrected chi connectivity index (χ4v) is 4.06. The number of ether oxygens (including phenoxy) is 2. The maximum atomic E-state index is 12.6. The zero-order valence-electron chi connectivity index (χ0n) is 16.9. The van der Waals surface area contributed by atoms with Gasteiger partial charge >= 0.3 is 0 Å². The molecule has 0 unspecified atom stereocenters. The Morgan fingerprint density at radius 1 is 1.18 bits per heavy atom. The molecule has 1 aromatic heterocycles. The number of likely N-dealkylation sites (tertiary alicyclic amines) is 1. The maximum Gasteiger partial charge on any atom is 0.236 e. The van der Waals surface area contributed by atoms with E-state index in [2.05, 4.69) is 24.0 Å². The predicted octanol–water partition coefficient (Wildman–Crippen LogP) is 4.17. The van der Waals surface area contributed by atoms with Gasteiger partial charge in [-0.25, -0.2) is 0 Å². The fourth-order valence-electron chi connectivity index (χ4n) is 3.45. The van der Waals surface area contributed by atoms with E-state index in [-0.39, 0.29) is 5.91 Å². The molecule has 0 spiro atoms. The molecule has 1 saturated heterocycles. The lowest BCUT2D eigenvalue weighted by Crippen LogP contribution is -2.42. The zero-order chi connectivity index (χ0) is 19.8. The summed E-state index contributed by atoms with van der Waals surface area (Å²) in [7, 11) is 1.66.